The van der Waals surface area contributed by atoms with Crippen LogP contribution >= 0.6 is 0 Å². The molecule has 2 saturated carbocycles. The van der Waals surface area contributed by atoms with E-state index in [9.17, 15) is 50.1 Å². The molecular weight excluding hydrogens is 1090 g/mol. The molecule has 4 aliphatic heterocycles. The fourth-order valence-corrected chi connectivity index (χ4v) is 11.6. The number of fused-ring (bicyclic) bond motifs is 1. The Balaban J connectivity index is 0.738. The van der Waals surface area contributed by atoms with Gasteiger partial charge < -0.3 is 113 Å². The van der Waals surface area contributed by atoms with Gasteiger partial charge in [0, 0.05) is 86.8 Å². The van der Waals surface area contributed by atoms with E-state index in [2.05, 4.69) is 20.5 Å². The molecule has 2 aliphatic carbocycles. The summed E-state index contributed by atoms with van der Waals surface area (Å²) in [6.45, 7) is 3.64. The van der Waals surface area contributed by atoms with Gasteiger partial charge >= 0.3 is 5.97 Å². The van der Waals surface area contributed by atoms with Gasteiger partial charge in [-0.2, -0.15) is 0 Å². The van der Waals surface area contributed by atoms with Gasteiger partial charge in [0.05, 0.1) is 35.6 Å². The molecule has 2 aromatic heterocycles. The van der Waals surface area contributed by atoms with Crippen molar-refractivity contribution in [3.63, 3.8) is 0 Å². The number of piperazine rings is 1. The van der Waals surface area contributed by atoms with E-state index in [1.807, 2.05) is 11.1 Å². The first-order chi connectivity index (χ1) is 39.7. The molecule has 29 nitrogen and oxygen atoms in total. The zero-order valence-corrected chi connectivity index (χ0v) is 45.4. The first kappa shape index (κ1) is 60.8. The van der Waals surface area contributed by atoms with Crippen LogP contribution in [0.25, 0.3) is 22.2 Å². The van der Waals surface area contributed by atoms with Gasteiger partial charge in [0.1, 0.15) is 78.1 Å². The molecule has 6 heterocycles. The molecule has 0 unspecified atom stereocenters. The first-order valence-corrected chi connectivity index (χ1v) is 28.1. The Kier molecular flexibility index (Phi) is 18.9. The molecule has 2 aromatic carbocycles. The average molecular weight is 1170 g/mol. The Bertz CT molecular complexity index is 2950. The number of pyridine rings is 1. The number of benzene rings is 2. The van der Waals surface area contributed by atoms with Crippen molar-refractivity contribution in [2.75, 3.05) is 56.0 Å². The number of nitrogens with two attached hydrogens (primary N) is 6. The number of aryl methyl sites for hydroxylation is 1. The number of aliphatic hydroxyl groups excluding tert-OH is 6. The van der Waals surface area contributed by atoms with E-state index in [-0.39, 0.29) is 36.5 Å². The van der Waals surface area contributed by atoms with Crippen LogP contribution in [0.2, 0.25) is 0 Å². The lowest BCUT2D eigenvalue weighted by atomic mass is 9.84. The predicted octanol–water partition coefficient (Wildman–Crippen LogP) is -4.51. The van der Waals surface area contributed by atoms with Crippen LogP contribution in [0.1, 0.15) is 54.9 Å². The summed E-state index contributed by atoms with van der Waals surface area (Å²) in [6, 6.07) is 4.95. The van der Waals surface area contributed by atoms with Gasteiger partial charge in [-0.1, -0.05) is 23.8 Å². The highest BCUT2D eigenvalue weighted by atomic mass is 19.1. The minimum absolute atomic E-state index is 0.00940. The summed E-state index contributed by atoms with van der Waals surface area (Å²) in [5.41, 5.74) is 38.2. The van der Waals surface area contributed by atoms with Crippen LogP contribution in [0.15, 0.2) is 53.6 Å². The zero-order chi connectivity index (χ0) is 59.1. The molecule has 6 fully saturated rings. The van der Waals surface area contributed by atoms with Crippen molar-refractivity contribution in [1.29, 1.82) is 0 Å². The Labute approximate surface area is 475 Å². The van der Waals surface area contributed by atoms with Gasteiger partial charge in [0.2, 0.25) is 5.43 Å². The molecule has 4 aromatic rings. The maximum atomic E-state index is 15.5. The predicted molar refractivity (Wildman–Crippen MR) is 291 cm³/mol. The van der Waals surface area contributed by atoms with Crippen molar-refractivity contribution < 1.29 is 78.1 Å². The van der Waals surface area contributed by atoms with E-state index < -0.39 is 139 Å². The molecule has 30 heteroatoms. The molecule has 19 atom stereocenters. The van der Waals surface area contributed by atoms with E-state index in [0.29, 0.717) is 47.8 Å². The van der Waals surface area contributed by atoms with E-state index >= 15 is 4.39 Å². The molecule has 0 spiro atoms. The monoisotopic (exact) mass is 1170 g/mol. The number of hydrogen-bond acceptors (Lipinski definition) is 25. The number of carboxylic acids is 1. The lowest BCUT2D eigenvalue weighted by Gasteiger charge is -2.47. The summed E-state index contributed by atoms with van der Waals surface area (Å²) in [5.74, 6) is -2.72. The van der Waals surface area contributed by atoms with Crippen molar-refractivity contribution in [2.45, 2.75) is 167 Å². The van der Waals surface area contributed by atoms with Crippen molar-refractivity contribution >= 4 is 34.2 Å². The average Bonchev–Trinajstić information content (AvgIpc) is 3.98. The fraction of sp³-hybridized carbons (Fsp3) is 0.642. The van der Waals surface area contributed by atoms with Crippen molar-refractivity contribution in [1.82, 2.24) is 24.5 Å². The van der Waals surface area contributed by atoms with Crippen LogP contribution in [0.4, 0.5) is 15.8 Å². The maximum Gasteiger partial charge on any atom is 0.341 e. The largest absolute Gasteiger partial charge is 0.477 e. The summed E-state index contributed by atoms with van der Waals surface area (Å²) in [6.07, 6.45) is -14.9. The summed E-state index contributed by atoms with van der Waals surface area (Å²) in [5, 5.41) is 86.8. The number of halogens is 1. The number of nitrogens with one attached hydrogen (secondary N) is 1. The van der Waals surface area contributed by atoms with Crippen LogP contribution in [-0.2, 0) is 39.8 Å². The number of ether oxygens (including phenoxy) is 6. The van der Waals surface area contributed by atoms with E-state index in [0.717, 1.165) is 51.7 Å². The van der Waals surface area contributed by atoms with Crippen LogP contribution in [0.3, 0.4) is 0 Å². The highest BCUT2D eigenvalue weighted by Gasteiger charge is 2.56. The number of carbonyl (C=O) groups is 2. The number of amides is 1. The summed E-state index contributed by atoms with van der Waals surface area (Å²) in [7, 11) is 0. The summed E-state index contributed by atoms with van der Waals surface area (Å²) >= 11 is 0. The highest BCUT2D eigenvalue weighted by Crippen LogP contribution is 2.39. The number of aromatic nitrogens is 4. The lowest BCUT2D eigenvalue weighted by molar-refractivity contribution is -0.306. The van der Waals surface area contributed by atoms with Gasteiger partial charge in [-0.25, -0.2) is 9.18 Å². The molecule has 6 aliphatic rings. The quantitative estimate of drug-likeness (QED) is 0.0371. The number of unbranched alkanes of at least 4 members (excludes halogenated alkanes) is 2. The van der Waals surface area contributed by atoms with E-state index in [1.165, 1.54) is 12.3 Å². The van der Waals surface area contributed by atoms with E-state index in [1.54, 1.807) is 39.6 Å². The Hall–Kier alpha value is -5.30. The first-order valence-electron chi connectivity index (χ1n) is 28.1. The summed E-state index contributed by atoms with van der Waals surface area (Å²) < 4.78 is 55.2. The third-order valence-electron chi connectivity index (χ3n) is 16.7. The SMILES string of the molecule is NC[C@@H]1O[C@H](O[C@H]2[C@@H](O)[C@H](O[C@@H]3[C@@H](O)[C@H](N)C[C@H](N)[C@H]3O[C@H]3O[C@H](CN)[C@@H](O)[C@H](O)[C@H]3N)O[C@@H]2C(=O)Nc2ccc(-c3cn(CCCCCN4CCN(c5cc6c(cc5F)c(=O)c(C(=O)O)cn6C5CC5)CC4)nn3)cc2)[C@H](N)[C@@H](O)[C@@H]1O. The number of carboxylic acid groups (broad SMARTS) is 1. The molecule has 20 N–H and O–H groups in total. The second-order valence-electron chi connectivity index (χ2n) is 22.4. The van der Waals surface area contributed by atoms with Crippen molar-refractivity contribution in [3.8, 4) is 11.3 Å². The van der Waals surface area contributed by atoms with Gasteiger partial charge in [-0.05, 0) is 62.9 Å². The number of rotatable bonds is 20. The maximum absolute atomic E-state index is 15.5. The molecule has 4 saturated heterocycles. The molecular formula is C53H76FN13O16. The topological polar surface area (TPSA) is 458 Å². The second kappa shape index (κ2) is 25.7. The minimum Gasteiger partial charge on any atom is -0.477 e. The fourth-order valence-electron chi connectivity index (χ4n) is 11.6. The third-order valence-corrected chi connectivity index (χ3v) is 16.7. The molecule has 0 bridgehead atoms. The van der Waals surface area contributed by atoms with Crippen LogP contribution in [0, 0.1) is 5.82 Å². The van der Waals surface area contributed by atoms with Gasteiger partial charge in [-0.3, -0.25) is 19.2 Å². The standard InChI is InChI=1S/C53H76FN13O16/c54-28-16-26-32(67(25-8-9-25)21-27(38(26)68)50(76)77)18-33(28)65-14-12-64(13-15-65)10-2-1-3-11-66-22-31(62-63-66)23-4-6-24(7-5-23)61-49(75)48-47(81-52-37(60)43(73)41(71)35(20-56)79-52)44(74)53(83-48)82-46-39(69)29(57)17-30(58)45(46)80-51-36(59)42(72)40(70)34(19-55)78-51/h4-7,16,18,21-22,25,29-30,34-37,39-48,51-53,69-74H,1-3,8-15,17,19-20,55-60H2,(H,61,75)(H,76,77)/t29-,30+,34-,35+,36-,37-,39+,40-,41-,42-,43-,44-,45-,46-,47+,48+,51-,52-,53-/m1/s1. The Morgan fingerprint density at radius 3 is 1.94 bits per heavy atom. The smallest absolute Gasteiger partial charge is 0.341 e. The van der Waals surface area contributed by atoms with Gasteiger partial charge in [-0.15, -0.1) is 5.10 Å². The van der Waals surface area contributed by atoms with Crippen molar-refractivity contribution in [3.05, 3.63) is 70.4 Å². The number of aliphatic hydroxyl groups is 6. The number of hydrogen-bond donors (Lipinski definition) is 14. The lowest BCUT2D eigenvalue weighted by Crippen LogP contribution is -2.68. The molecule has 1 amide bonds. The van der Waals surface area contributed by atoms with Gasteiger partial charge in [0.25, 0.3) is 5.91 Å². The molecule has 0 radical (unpaired) electrons. The number of aromatic carboxylic acids is 1. The van der Waals surface area contributed by atoms with E-state index in [4.69, 9.17) is 62.8 Å². The minimum atomic E-state index is -1.85. The zero-order valence-electron chi connectivity index (χ0n) is 45.4. The highest BCUT2D eigenvalue weighted by molar-refractivity contribution is 5.95. The van der Waals surface area contributed by atoms with Crippen LogP contribution < -0.4 is 50.0 Å². The third kappa shape index (κ3) is 12.8. The Morgan fingerprint density at radius 2 is 1.33 bits per heavy atom. The Morgan fingerprint density at radius 1 is 0.711 bits per heavy atom. The normalized spacial score (nSPS) is 35.2. The second-order valence-corrected chi connectivity index (χ2v) is 22.4. The molecule has 456 valence electrons. The van der Waals surface area contributed by atoms with Crippen LogP contribution in [-0.4, -0.2) is 234 Å². The molecule has 10 rings (SSSR count). The van der Waals surface area contributed by atoms with Crippen molar-refractivity contribution in [2.24, 2.45) is 34.4 Å². The number of nitrogens with zero attached hydrogens (tertiary/aromatic N) is 6. The molecule has 83 heavy (non-hydrogen) atoms. The van der Waals surface area contributed by atoms with Crippen LogP contribution in [0.5, 0.6) is 0 Å². The summed E-state index contributed by atoms with van der Waals surface area (Å²) in [4.78, 5) is 43.3. The van der Waals surface area contributed by atoms with Gasteiger partial charge in [0.15, 0.2) is 25.0 Å². The number of carbonyl (C=O) groups excluding carboxylic acids is 1. The number of anilines is 2.